The summed E-state index contributed by atoms with van der Waals surface area (Å²) in [4.78, 5) is 12.7. The molecule has 0 spiro atoms. The zero-order valence-corrected chi connectivity index (χ0v) is 15.7. The van der Waals surface area contributed by atoms with Crippen LogP contribution in [0.15, 0.2) is 42.5 Å². The van der Waals surface area contributed by atoms with Gasteiger partial charge in [0.1, 0.15) is 5.75 Å². The molecule has 1 fully saturated rings. The molecular formula is C19H22N2O4S. The minimum absolute atomic E-state index is 0.143. The number of sulfonamides is 1. The van der Waals surface area contributed by atoms with Crippen LogP contribution in [-0.2, 0) is 10.0 Å². The van der Waals surface area contributed by atoms with Gasteiger partial charge in [-0.2, -0.15) is 0 Å². The van der Waals surface area contributed by atoms with Crippen molar-refractivity contribution in [2.24, 2.45) is 0 Å². The van der Waals surface area contributed by atoms with Gasteiger partial charge in [-0.05, 0) is 49.6 Å². The van der Waals surface area contributed by atoms with Gasteiger partial charge in [0.05, 0.1) is 24.2 Å². The Balaban J connectivity index is 1.91. The first-order valence-corrected chi connectivity index (χ1v) is 10.1. The molecule has 1 aliphatic rings. The van der Waals surface area contributed by atoms with E-state index in [4.69, 9.17) is 4.74 Å². The van der Waals surface area contributed by atoms with Crippen molar-refractivity contribution >= 4 is 27.3 Å². The number of anilines is 2. The molecule has 138 valence electrons. The van der Waals surface area contributed by atoms with E-state index in [-0.39, 0.29) is 11.7 Å². The smallest absolute Gasteiger partial charge is 0.255 e. The summed E-state index contributed by atoms with van der Waals surface area (Å²) in [5.74, 6) is 0.390. The summed E-state index contributed by atoms with van der Waals surface area (Å²) in [7, 11) is -1.79. The van der Waals surface area contributed by atoms with Gasteiger partial charge in [-0.1, -0.05) is 18.2 Å². The van der Waals surface area contributed by atoms with Gasteiger partial charge in [0.2, 0.25) is 10.0 Å². The molecule has 0 aromatic heterocycles. The maximum atomic E-state index is 12.7. The van der Waals surface area contributed by atoms with Gasteiger partial charge < -0.3 is 10.1 Å². The molecule has 3 rings (SSSR count). The molecular weight excluding hydrogens is 352 g/mol. The molecule has 0 unspecified atom stereocenters. The van der Waals surface area contributed by atoms with E-state index in [0.717, 1.165) is 12.0 Å². The molecule has 0 aliphatic carbocycles. The van der Waals surface area contributed by atoms with Crippen LogP contribution in [0.1, 0.15) is 28.8 Å². The average molecular weight is 374 g/mol. The number of methoxy groups -OCH3 is 1. The standard InChI is InChI=1S/C19H22N2O4S/c1-14-9-10-15(13-17(14)21-11-5-6-12-26(21,23)24)19(22)20-16-7-3-4-8-18(16)25-2/h3-4,7-10,13H,5-6,11-12H2,1-2H3,(H,20,22). The number of carbonyl (C=O) groups is 1. The predicted molar refractivity (Wildman–Crippen MR) is 102 cm³/mol. The van der Waals surface area contributed by atoms with Crippen molar-refractivity contribution in [3.05, 3.63) is 53.6 Å². The van der Waals surface area contributed by atoms with E-state index in [0.29, 0.717) is 35.7 Å². The SMILES string of the molecule is COc1ccccc1NC(=O)c1ccc(C)c(N2CCCCS2(=O)=O)c1. The van der Waals surface area contributed by atoms with E-state index in [9.17, 15) is 13.2 Å². The molecule has 7 heteroatoms. The lowest BCUT2D eigenvalue weighted by Crippen LogP contribution is -2.38. The molecule has 1 saturated heterocycles. The van der Waals surface area contributed by atoms with Crippen LogP contribution in [0.2, 0.25) is 0 Å². The van der Waals surface area contributed by atoms with E-state index in [1.165, 1.54) is 11.4 Å². The second kappa shape index (κ2) is 7.37. The zero-order chi connectivity index (χ0) is 18.7. The number of nitrogens with one attached hydrogen (secondary N) is 1. The largest absolute Gasteiger partial charge is 0.495 e. The number of nitrogens with zero attached hydrogens (tertiary/aromatic N) is 1. The van der Waals surface area contributed by atoms with Crippen LogP contribution < -0.4 is 14.4 Å². The Hall–Kier alpha value is -2.54. The molecule has 26 heavy (non-hydrogen) atoms. The summed E-state index contributed by atoms with van der Waals surface area (Å²) in [6.45, 7) is 2.29. The topological polar surface area (TPSA) is 75.7 Å². The molecule has 0 radical (unpaired) electrons. The Morgan fingerprint density at radius 3 is 2.65 bits per heavy atom. The molecule has 1 heterocycles. The molecule has 0 atom stereocenters. The minimum atomic E-state index is -3.33. The second-order valence-electron chi connectivity index (χ2n) is 6.25. The Morgan fingerprint density at radius 2 is 1.92 bits per heavy atom. The van der Waals surface area contributed by atoms with E-state index in [1.807, 2.05) is 13.0 Å². The van der Waals surface area contributed by atoms with Crippen molar-refractivity contribution in [1.29, 1.82) is 0 Å². The predicted octanol–water partition coefficient (Wildman–Crippen LogP) is 3.19. The van der Waals surface area contributed by atoms with Gasteiger partial charge in [-0.3, -0.25) is 9.10 Å². The minimum Gasteiger partial charge on any atom is -0.495 e. The lowest BCUT2D eigenvalue weighted by molar-refractivity contribution is 0.102. The highest BCUT2D eigenvalue weighted by Crippen LogP contribution is 2.29. The van der Waals surface area contributed by atoms with Gasteiger partial charge >= 0.3 is 0 Å². The quantitative estimate of drug-likeness (QED) is 0.892. The Morgan fingerprint density at radius 1 is 1.15 bits per heavy atom. The van der Waals surface area contributed by atoms with Crippen LogP contribution in [-0.4, -0.2) is 33.7 Å². The van der Waals surface area contributed by atoms with Crippen LogP contribution in [0.4, 0.5) is 11.4 Å². The Kier molecular flexibility index (Phi) is 5.18. The van der Waals surface area contributed by atoms with Crippen LogP contribution in [0.25, 0.3) is 0 Å². The van der Waals surface area contributed by atoms with Crippen LogP contribution in [0.3, 0.4) is 0 Å². The third-order valence-corrected chi connectivity index (χ3v) is 6.30. The number of aryl methyl sites for hydroxylation is 1. The van der Waals surface area contributed by atoms with E-state index < -0.39 is 10.0 Å². The van der Waals surface area contributed by atoms with Crippen molar-refractivity contribution in [3.63, 3.8) is 0 Å². The number of hydrogen-bond donors (Lipinski definition) is 1. The van der Waals surface area contributed by atoms with Gasteiger partial charge in [0, 0.05) is 12.1 Å². The lowest BCUT2D eigenvalue weighted by Gasteiger charge is -2.29. The van der Waals surface area contributed by atoms with Gasteiger partial charge in [-0.25, -0.2) is 8.42 Å². The highest BCUT2D eigenvalue weighted by Gasteiger charge is 2.27. The fourth-order valence-electron chi connectivity index (χ4n) is 3.02. The Bertz CT molecular complexity index is 925. The molecule has 1 aliphatic heterocycles. The maximum absolute atomic E-state index is 12.7. The van der Waals surface area contributed by atoms with Gasteiger partial charge in [0.25, 0.3) is 5.91 Å². The summed E-state index contributed by atoms with van der Waals surface area (Å²) in [6, 6.07) is 12.2. The number of benzene rings is 2. The molecule has 2 aromatic carbocycles. The van der Waals surface area contributed by atoms with Crippen molar-refractivity contribution in [2.45, 2.75) is 19.8 Å². The molecule has 1 amide bonds. The maximum Gasteiger partial charge on any atom is 0.255 e. The summed E-state index contributed by atoms with van der Waals surface area (Å²) in [6.07, 6.45) is 1.49. The monoisotopic (exact) mass is 374 g/mol. The summed E-state index contributed by atoms with van der Waals surface area (Å²) in [5, 5.41) is 2.82. The number of rotatable bonds is 4. The van der Waals surface area contributed by atoms with Crippen molar-refractivity contribution in [3.8, 4) is 5.75 Å². The number of amides is 1. The first-order chi connectivity index (χ1) is 12.4. The molecule has 0 bridgehead atoms. The highest BCUT2D eigenvalue weighted by molar-refractivity contribution is 7.92. The lowest BCUT2D eigenvalue weighted by atomic mass is 10.1. The second-order valence-corrected chi connectivity index (χ2v) is 8.26. The summed E-state index contributed by atoms with van der Waals surface area (Å²) in [5.41, 5.74) is 2.35. The number of ether oxygens (including phenoxy) is 1. The molecule has 2 aromatic rings. The number of para-hydroxylation sites is 2. The first-order valence-electron chi connectivity index (χ1n) is 8.48. The van der Waals surface area contributed by atoms with Gasteiger partial charge in [0.15, 0.2) is 0 Å². The van der Waals surface area contributed by atoms with E-state index >= 15 is 0 Å². The summed E-state index contributed by atoms with van der Waals surface area (Å²) < 4.78 is 31.5. The van der Waals surface area contributed by atoms with Crippen molar-refractivity contribution in [2.75, 3.05) is 29.0 Å². The number of carbonyl (C=O) groups excluding carboxylic acids is 1. The fraction of sp³-hybridized carbons (Fsp3) is 0.316. The molecule has 1 N–H and O–H groups in total. The number of hydrogen-bond acceptors (Lipinski definition) is 4. The third kappa shape index (κ3) is 3.67. The normalized spacial score (nSPS) is 16.2. The average Bonchev–Trinajstić information content (AvgIpc) is 2.62. The van der Waals surface area contributed by atoms with Crippen molar-refractivity contribution in [1.82, 2.24) is 0 Å². The van der Waals surface area contributed by atoms with Crippen molar-refractivity contribution < 1.29 is 17.9 Å². The zero-order valence-electron chi connectivity index (χ0n) is 14.9. The van der Waals surface area contributed by atoms with Crippen LogP contribution >= 0.6 is 0 Å². The van der Waals surface area contributed by atoms with E-state index in [2.05, 4.69) is 5.32 Å². The van der Waals surface area contributed by atoms with Gasteiger partial charge in [-0.15, -0.1) is 0 Å². The summed E-state index contributed by atoms with van der Waals surface area (Å²) >= 11 is 0. The van der Waals surface area contributed by atoms with Crippen LogP contribution in [0.5, 0.6) is 5.75 Å². The first kappa shape index (κ1) is 18.3. The van der Waals surface area contributed by atoms with E-state index in [1.54, 1.807) is 36.4 Å². The highest BCUT2D eigenvalue weighted by atomic mass is 32.2. The molecule has 6 nitrogen and oxygen atoms in total. The third-order valence-electron chi connectivity index (χ3n) is 4.44. The molecule has 0 saturated carbocycles. The van der Waals surface area contributed by atoms with Crippen LogP contribution in [0, 0.1) is 6.92 Å². The fourth-order valence-corrected chi connectivity index (χ4v) is 4.71. The Labute approximate surface area is 153 Å².